The Hall–Kier alpha value is -1.93. The van der Waals surface area contributed by atoms with Crippen molar-refractivity contribution in [1.29, 1.82) is 0 Å². The summed E-state index contributed by atoms with van der Waals surface area (Å²) in [7, 11) is 0. The van der Waals surface area contributed by atoms with Crippen molar-refractivity contribution in [1.82, 2.24) is 15.5 Å². The summed E-state index contributed by atoms with van der Waals surface area (Å²) in [4.78, 5) is 25.8. The molecular weight excluding hydrogens is 416 g/mol. The van der Waals surface area contributed by atoms with E-state index in [2.05, 4.69) is 34.7 Å². The van der Waals surface area contributed by atoms with Gasteiger partial charge in [0.25, 0.3) is 5.91 Å². The number of thioether (sulfide) groups is 1. The lowest BCUT2D eigenvalue weighted by Crippen LogP contribution is -2.31. The molecule has 1 aliphatic carbocycles. The van der Waals surface area contributed by atoms with Crippen LogP contribution in [0.5, 0.6) is 0 Å². The van der Waals surface area contributed by atoms with Crippen LogP contribution in [-0.4, -0.2) is 34.3 Å². The van der Waals surface area contributed by atoms with Crippen molar-refractivity contribution in [2.75, 3.05) is 17.6 Å². The van der Waals surface area contributed by atoms with Gasteiger partial charge in [0.2, 0.25) is 11.0 Å². The van der Waals surface area contributed by atoms with Crippen molar-refractivity contribution in [3.05, 3.63) is 34.8 Å². The van der Waals surface area contributed by atoms with Crippen molar-refractivity contribution in [3.63, 3.8) is 0 Å². The highest BCUT2D eigenvalue weighted by Crippen LogP contribution is 2.25. The summed E-state index contributed by atoms with van der Waals surface area (Å²) in [5.74, 6) is 1.19. The van der Waals surface area contributed by atoms with Crippen LogP contribution in [0, 0.1) is 11.8 Å². The van der Waals surface area contributed by atoms with E-state index in [0.29, 0.717) is 28.3 Å². The van der Waals surface area contributed by atoms with E-state index in [1.54, 1.807) is 6.07 Å². The summed E-state index contributed by atoms with van der Waals surface area (Å²) in [5.41, 5.74) is 0.545. The first-order chi connectivity index (χ1) is 14.5. The van der Waals surface area contributed by atoms with E-state index in [1.807, 2.05) is 18.2 Å². The Kier molecular flexibility index (Phi) is 8.69. The lowest BCUT2D eigenvalue weighted by Gasteiger charge is -2.21. The van der Waals surface area contributed by atoms with Gasteiger partial charge in [0.1, 0.15) is 5.01 Å². The second-order valence-corrected chi connectivity index (χ2v) is 10.2. The van der Waals surface area contributed by atoms with Crippen LogP contribution >= 0.6 is 23.1 Å². The van der Waals surface area contributed by atoms with Crippen LogP contribution in [0.4, 0.5) is 5.13 Å². The Morgan fingerprint density at radius 2 is 1.93 bits per heavy atom. The maximum atomic E-state index is 12.8. The van der Waals surface area contributed by atoms with E-state index >= 15 is 0 Å². The van der Waals surface area contributed by atoms with E-state index in [9.17, 15) is 9.59 Å². The first kappa shape index (κ1) is 22.7. The SMILES string of the molecule is CC(C)Cc1nnc(NC(=O)c2ccccc2SCC(=O)NCC2CCCCC2)s1. The normalized spacial score (nSPS) is 14.6. The average Bonchev–Trinajstić information content (AvgIpc) is 3.17. The van der Waals surface area contributed by atoms with E-state index < -0.39 is 0 Å². The Morgan fingerprint density at radius 1 is 1.17 bits per heavy atom. The fraction of sp³-hybridized carbons (Fsp3) is 0.545. The fourth-order valence-electron chi connectivity index (χ4n) is 3.52. The molecule has 2 aromatic rings. The molecule has 0 aliphatic heterocycles. The zero-order valence-electron chi connectivity index (χ0n) is 17.6. The van der Waals surface area contributed by atoms with Crippen molar-refractivity contribution in [2.24, 2.45) is 11.8 Å². The minimum absolute atomic E-state index is 0.0169. The molecule has 1 aromatic heterocycles. The topological polar surface area (TPSA) is 84.0 Å². The molecular formula is C22H30N4O2S2. The van der Waals surface area contributed by atoms with Crippen LogP contribution in [-0.2, 0) is 11.2 Å². The van der Waals surface area contributed by atoms with Crippen LogP contribution in [0.25, 0.3) is 0 Å². The summed E-state index contributed by atoms with van der Waals surface area (Å²) in [6, 6.07) is 7.35. The van der Waals surface area contributed by atoms with Crippen LogP contribution in [0.15, 0.2) is 29.2 Å². The molecule has 1 aromatic carbocycles. The minimum atomic E-state index is -0.229. The number of nitrogens with one attached hydrogen (secondary N) is 2. The zero-order valence-corrected chi connectivity index (χ0v) is 19.3. The maximum absolute atomic E-state index is 12.8. The number of carbonyl (C=O) groups is 2. The first-order valence-electron chi connectivity index (χ1n) is 10.6. The standard InChI is InChI=1S/C22H30N4O2S2/c1-15(2)12-20-25-26-22(30-20)24-21(28)17-10-6-7-11-18(17)29-14-19(27)23-13-16-8-4-3-5-9-16/h6-7,10-11,15-16H,3-5,8-9,12-14H2,1-2H3,(H,23,27)(H,24,26,28). The number of hydrogen-bond donors (Lipinski definition) is 2. The van der Waals surface area contributed by atoms with Gasteiger partial charge < -0.3 is 5.32 Å². The number of aromatic nitrogens is 2. The number of nitrogens with zero attached hydrogens (tertiary/aromatic N) is 2. The number of carbonyl (C=O) groups excluding carboxylic acids is 2. The third-order valence-electron chi connectivity index (χ3n) is 5.07. The fourth-order valence-corrected chi connectivity index (χ4v) is 5.35. The first-order valence-corrected chi connectivity index (χ1v) is 12.4. The highest BCUT2D eigenvalue weighted by atomic mass is 32.2. The third kappa shape index (κ3) is 7.09. The van der Waals surface area contributed by atoms with Crippen LogP contribution in [0.1, 0.15) is 61.3 Å². The highest BCUT2D eigenvalue weighted by Gasteiger charge is 2.17. The molecule has 0 bridgehead atoms. The average molecular weight is 447 g/mol. The smallest absolute Gasteiger partial charge is 0.258 e. The molecule has 0 spiro atoms. The largest absolute Gasteiger partial charge is 0.355 e. The molecule has 1 saturated carbocycles. The zero-order chi connectivity index (χ0) is 21.3. The van der Waals surface area contributed by atoms with Crippen LogP contribution < -0.4 is 10.6 Å². The number of benzene rings is 1. The van der Waals surface area contributed by atoms with E-state index in [0.717, 1.165) is 22.9 Å². The molecule has 1 heterocycles. The summed E-state index contributed by atoms with van der Waals surface area (Å²) >= 11 is 2.79. The van der Waals surface area contributed by atoms with Gasteiger partial charge in [-0.05, 0) is 36.8 Å². The van der Waals surface area contributed by atoms with Gasteiger partial charge in [-0.1, -0.05) is 56.6 Å². The molecule has 162 valence electrons. The van der Waals surface area contributed by atoms with Crippen LogP contribution in [0.3, 0.4) is 0 Å². The molecule has 6 nitrogen and oxygen atoms in total. The Morgan fingerprint density at radius 3 is 2.70 bits per heavy atom. The molecule has 3 rings (SSSR count). The van der Waals surface area contributed by atoms with E-state index in [1.165, 1.54) is 55.2 Å². The number of anilines is 1. The molecule has 2 amide bonds. The molecule has 0 unspecified atom stereocenters. The van der Waals surface area contributed by atoms with Gasteiger partial charge >= 0.3 is 0 Å². The van der Waals surface area contributed by atoms with Crippen LogP contribution in [0.2, 0.25) is 0 Å². The number of rotatable bonds is 9. The molecule has 1 fully saturated rings. The lowest BCUT2D eigenvalue weighted by atomic mass is 9.89. The minimum Gasteiger partial charge on any atom is -0.355 e. The van der Waals surface area contributed by atoms with Gasteiger partial charge in [-0.15, -0.1) is 22.0 Å². The summed E-state index contributed by atoms with van der Waals surface area (Å²) in [5, 5.41) is 15.5. The van der Waals surface area contributed by atoms with Gasteiger partial charge in [0.05, 0.1) is 11.3 Å². The number of amides is 2. The molecule has 30 heavy (non-hydrogen) atoms. The van der Waals surface area contributed by atoms with Gasteiger partial charge in [-0.2, -0.15) is 0 Å². The monoisotopic (exact) mass is 446 g/mol. The molecule has 0 atom stereocenters. The predicted molar refractivity (Wildman–Crippen MR) is 123 cm³/mol. The van der Waals surface area contributed by atoms with E-state index in [-0.39, 0.29) is 11.8 Å². The van der Waals surface area contributed by atoms with Gasteiger partial charge in [-0.25, -0.2) is 0 Å². The maximum Gasteiger partial charge on any atom is 0.258 e. The number of hydrogen-bond acceptors (Lipinski definition) is 6. The van der Waals surface area contributed by atoms with E-state index in [4.69, 9.17) is 0 Å². The van der Waals surface area contributed by atoms with Crippen molar-refractivity contribution in [2.45, 2.75) is 57.3 Å². The van der Waals surface area contributed by atoms with Gasteiger partial charge in [0, 0.05) is 17.9 Å². The second-order valence-electron chi connectivity index (χ2n) is 8.15. The quantitative estimate of drug-likeness (QED) is 0.542. The molecule has 8 heteroatoms. The molecule has 0 saturated heterocycles. The van der Waals surface area contributed by atoms with Gasteiger partial charge in [-0.3, -0.25) is 14.9 Å². The molecule has 1 aliphatic rings. The molecule has 2 N–H and O–H groups in total. The lowest BCUT2D eigenvalue weighted by molar-refractivity contribution is -0.118. The Labute approximate surface area is 186 Å². The van der Waals surface area contributed by atoms with Gasteiger partial charge in [0.15, 0.2) is 0 Å². The Bertz CT molecular complexity index is 847. The third-order valence-corrected chi connectivity index (χ3v) is 7.01. The van der Waals surface area contributed by atoms with Crippen molar-refractivity contribution < 1.29 is 9.59 Å². The predicted octanol–water partition coefficient (Wildman–Crippen LogP) is 4.78. The van der Waals surface area contributed by atoms with Crippen molar-refractivity contribution >= 4 is 40.0 Å². The Balaban J connectivity index is 1.52. The summed E-state index contributed by atoms with van der Waals surface area (Å²) in [6.07, 6.45) is 7.11. The second kappa shape index (κ2) is 11.5. The summed E-state index contributed by atoms with van der Waals surface area (Å²) < 4.78 is 0. The highest BCUT2D eigenvalue weighted by molar-refractivity contribution is 8.00. The summed E-state index contributed by atoms with van der Waals surface area (Å²) in [6.45, 7) is 5.01. The molecule has 0 radical (unpaired) electrons. The van der Waals surface area contributed by atoms with Crippen molar-refractivity contribution in [3.8, 4) is 0 Å².